The van der Waals surface area contributed by atoms with Crippen LogP contribution in [0.4, 0.5) is 5.69 Å². The van der Waals surface area contributed by atoms with E-state index in [1.807, 2.05) is 6.92 Å². The second-order valence-electron chi connectivity index (χ2n) is 3.52. The topological polar surface area (TPSA) is 105 Å². The summed E-state index contributed by atoms with van der Waals surface area (Å²) in [6, 6.07) is 1.59. The third kappa shape index (κ3) is 2.62. The van der Waals surface area contributed by atoms with Crippen molar-refractivity contribution < 1.29 is 14.3 Å². The van der Waals surface area contributed by atoms with Gasteiger partial charge >= 0.3 is 5.97 Å². The quantitative estimate of drug-likeness (QED) is 0.797. The highest BCUT2D eigenvalue weighted by Crippen LogP contribution is 2.15. The lowest BCUT2D eigenvalue weighted by Gasteiger charge is -2.03. The van der Waals surface area contributed by atoms with Gasteiger partial charge in [0, 0.05) is 6.07 Å². The fraction of sp³-hybridized carbons (Fsp3) is 0.273. The molecule has 0 saturated heterocycles. The lowest BCUT2D eigenvalue weighted by atomic mass is 10.4. The molecule has 2 rings (SSSR count). The van der Waals surface area contributed by atoms with Crippen molar-refractivity contribution in [2.24, 2.45) is 0 Å². The Balaban J connectivity index is 2.36. The number of esters is 1. The first-order valence-corrected chi connectivity index (χ1v) is 5.54. The van der Waals surface area contributed by atoms with Crippen molar-refractivity contribution in [3.05, 3.63) is 24.3 Å². The smallest absolute Gasteiger partial charge is 0.360 e. The van der Waals surface area contributed by atoms with Crippen molar-refractivity contribution >= 4 is 11.7 Å². The van der Waals surface area contributed by atoms with Crippen molar-refractivity contribution in [1.29, 1.82) is 0 Å². The number of rotatable bonds is 4. The molecule has 2 aromatic rings. The summed E-state index contributed by atoms with van der Waals surface area (Å²) in [5.41, 5.74) is 5.95. The predicted molar refractivity (Wildman–Crippen MR) is 66.1 cm³/mol. The van der Waals surface area contributed by atoms with Crippen LogP contribution in [-0.4, -0.2) is 39.4 Å². The Morgan fingerprint density at radius 3 is 2.95 bits per heavy atom. The average Bonchev–Trinajstić information content (AvgIpc) is 2.81. The first-order chi connectivity index (χ1) is 9.15. The van der Waals surface area contributed by atoms with Gasteiger partial charge in [0.1, 0.15) is 6.33 Å². The maximum Gasteiger partial charge on any atom is 0.360 e. The molecule has 0 unspecified atom stereocenters. The van der Waals surface area contributed by atoms with Crippen molar-refractivity contribution in [1.82, 2.24) is 19.7 Å². The Morgan fingerprint density at radius 2 is 2.26 bits per heavy atom. The van der Waals surface area contributed by atoms with E-state index in [0.29, 0.717) is 18.3 Å². The molecule has 0 aliphatic rings. The fourth-order valence-corrected chi connectivity index (χ4v) is 1.44. The van der Waals surface area contributed by atoms with Crippen LogP contribution in [0.3, 0.4) is 0 Å². The minimum Gasteiger partial charge on any atom is -0.478 e. The number of nitrogen functional groups attached to an aromatic ring is 1. The molecule has 2 N–H and O–H groups in total. The maximum absolute atomic E-state index is 11.4. The van der Waals surface area contributed by atoms with Crippen LogP contribution < -0.4 is 10.5 Å². The van der Waals surface area contributed by atoms with Crippen molar-refractivity contribution in [3.63, 3.8) is 0 Å². The minimum absolute atomic E-state index is 0.0408. The zero-order valence-electron chi connectivity index (χ0n) is 10.5. The number of hydrogen-bond donors (Lipinski definition) is 1. The van der Waals surface area contributed by atoms with Crippen LogP contribution >= 0.6 is 0 Å². The van der Waals surface area contributed by atoms with E-state index in [4.69, 9.17) is 10.5 Å². The van der Waals surface area contributed by atoms with Gasteiger partial charge < -0.3 is 15.2 Å². The van der Waals surface area contributed by atoms with Crippen LogP contribution in [0.5, 0.6) is 5.88 Å². The molecule has 0 atom stereocenters. The van der Waals surface area contributed by atoms with E-state index >= 15 is 0 Å². The minimum atomic E-state index is -0.602. The average molecular weight is 263 g/mol. The van der Waals surface area contributed by atoms with Gasteiger partial charge in [-0.2, -0.15) is 5.10 Å². The van der Waals surface area contributed by atoms with Gasteiger partial charge in [0.2, 0.25) is 5.88 Å². The monoisotopic (exact) mass is 263 g/mol. The molecule has 0 radical (unpaired) electrons. The zero-order chi connectivity index (χ0) is 13.8. The van der Waals surface area contributed by atoms with E-state index in [0.717, 1.165) is 0 Å². The van der Waals surface area contributed by atoms with Crippen molar-refractivity contribution in [2.45, 2.75) is 6.92 Å². The maximum atomic E-state index is 11.4. The Labute approximate surface area is 109 Å². The molecule has 2 aromatic heterocycles. The summed E-state index contributed by atoms with van der Waals surface area (Å²) in [6.45, 7) is 2.34. The van der Waals surface area contributed by atoms with Gasteiger partial charge in [0.25, 0.3) is 0 Å². The molecular formula is C11H13N5O3. The van der Waals surface area contributed by atoms with E-state index in [1.54, 1.807) is 6.07 Å². The summed E-state index contributed by atoms with van der Waals surface area (Å²) >= 11 is 0. The number of nitrogens with zero attached hydrogens (tertiary/aromatic N) is 4. The second kappa shape index (κ2) is 5.34. The van der Waals surface area contributed by atoms with Gasteiger partial charge in [-0.15, -0.1) is 0 Å². The summed E-state index contributed by atoms with van der Waals surface area (Å²) in [5, 5.41) is 4.02. The molecule has 8 nitrogen and oxygen atoms in total. The molecule has 19 heavy (non-hydrogen) atoms. The standard InChI is InChI=1S/C11H13N5O3/c1-3-19-9-4-8(13-6-14-9)16-5-7(12)10(15-16)11(17)18-2/h4-6H,3,12H2,1-2H3. The summed E-state index contributed by atoms with van der Waals surface area (Å²) < 4.78 is 11.2. The first-order valence-electron chi connectivity index (χ1n) is 5.54. The first kappa shape index (κ1) is 12.8. The number of methoxy groups -OCH3 is 1. The number of anilines is 1. The number of carbonyl (C=O) groups excluding carboxylic acids is 1. The van der Waals surface area contributed by atoms with E-state index in [2.05, 4.69) is 19.8 Å². The number of carbonyl (C=O) groups is 1. The molecule has 2 heterocycles. The summed E-state index contributed by atoms with van der Waals surface area (Å²) in [6.07, 6.45) is 2.82. The molecule has 8 heteroatoms. The predicted octanol–water partition coefficient (Wildman–Crippen LogP) is 0.430. The highest BCUT2D eigenvalue weighted by Gasteiger charge is 2.16. The summed E-state index contributed by atoms with van der Waals surface area (Å²) in [7, 11) is 1.26. The summed E-state index contributed by atoms with van der Waals surface area (Å²) in [5.74, 6) is 0.261. The van der Waals surface area contributed by atoms with E-state index < -0.39 is 5.97 Å². The van der Waals surface area contributed by atoms with Crippen LogP contribution in [-0.2, 0) is 4.74 Å². The van der Waals surface area contributed by atoms with Gasteiger partial charge in [-0.3, -0.25) is 0 Å². The molecular weight excluding hydrogens is 250 g/mol. The van der Waals surface area contributed by atoms with E-state index in [9.17, 15) is 4.79 Å². The van der Waals surface area contributed by atoms with Gasteiger partial charge in [-0.1, -0.05) is 0 Å². The van der Waals surface area contributed by atoms with Crippen molar-refractivity contribution in [3.8, 4) is 11.7 Å². The lowest BCUT2D eigenvalue weighted by Crippen LogP contribution is -2.06. The van der Waals surface area contributed by atoms with Gasteiger partial charge in [-0.05, 0) is 6.92 Å². The second-order valence-corrected chi connectivity index (χ2v) is 3.52. The van der Waals surface area contributed by atoms with Crippen LogP contribution in [0.2, 0.25) is 0 Å². The largest absolute Gasteiger partial charge is 0.478 e. The molecule has 0 saturated carbocycles. The molecule has 0 aliphatic carbocycles. The Kier molecular flexibility index (Phi) is 3.60. The molecule has 0 spiro atoms. The SMILES string of the molecule is CCOc1cc(-n2cc(N)c(C(=O)OC)n2)ncn1. The van der Waals surface area contributed by atoms with E-state index in [-0.39, 0.29) is 11.4 Å². The lowest BCUT2D eigenvalue weighted by molar-refractivity contribution is 0.0594. The Morgan fingerprint density at radius 1 is 1.47 bits per heavy atom. The normalized spacial score (nSPS) is 10.2. The van der Waals surface area contributed by atoms with Gasteiger partial charge in [0.15, 0.2) is 11.5 Å². The van der Waals surface area contributed by atoms with Crippen LogP contribution in [0, 0.1) is 0 Å². The fourth-order valence-electron chi connectivity index (χ4n) is 1.44. The molecule has 0 aliphatic heterocycles. The third-order valence-corrected chi connectivity index (χ3v) is 2.28. The van der Waals surface area contributed by atoms with Gasteiger partial charge in [0.05, 0.1) is 25.6 Å². The number of nitrogens with two attached hydrogens (primary N) is 1. The van der Waals surface area contributed by atoms with Gasteiger partial charge in [-0.25, -0.2) is 19.4 Å². The molecule has 0 aromatic carbocycles. The van der Waals surface area contributed by atoms with E-state index in [1.165, 1.54) is 24.3 Å². The van der Waals surface area contributed by atoms with Crippen molar-refractivity contribution in [2.75, 3.05) is 19.5 Å². The molecule has 100 valence electrons. The Hall–Kier alpha value is -2.64. The highest BCUT2D eigenvalue weighted by molar-refractivity contribution is 5.92. The number of aromatic nitrogens is 4. The highest BCUT2D eigenvalue weighted by atomic mass is 16.5. The molecule has 0 fully saturated rings. The number of ether oxygens (including phenoxy) is 2. The van der Waals surface area contributed by atoms with Crippen LogP contribution in [0.1, 0.15) is 17.4 Å². The molecule has 0 amide bonds. The third-order valence-electron chi connectivity index (χ3n) is 2.28. The zero-order valence-corrected chi connectivity index (χ0v) is 10.5. The molecule has 0 bridgehead atoms. The van der Waals surface area contributed by atoms with Crippen LogP contribution in [0.25, 0.3) is 5.82 Å². The summed E-state index contributed by atoms with van der Waals surface area (Å²) in [4.78, 5) is 19.4. The van der Waals surface area contributed by atoms with Crippen LogP contribution in [0.15, 0.2) is 18.6 Å². The number of hydrogen-bond acceptors (Lipinski definition) is 7. The Bertz CT molecular complexity index is 596.